The summed E-state index contributed by atoms with van der Waals surface area (Å²) in [5, 5.41) is 11.0. The third kappa shape index (κ3) is 2.08. The second-order valence-electron chi connectivity index (χ2n) is 6.30. The largest absolute Gasteiger partial charge is 0.388 e. The summed E-state index contributed by atoms with van der Waals surface area (Å²) < 4.78 is 23.6. The first-order valence-corrected chi connectivity index (χ1v) is 8.92. The highest BCUT2D eigenvalue weighted by molar-refractivity contribution is 7.91. The van der Waals surface area contributed by atoms with Crippen LogP contribution in [0, 0.1) is 5.41 Å². The molecule has 0 amide bonds. The van der Waals surface area contributed by atoms with Crippen molar-refractivity contribution in [2.75, 3.05) is 18.1 Å². The summed E-state index contributed by atoms with van der Waals surface area (Å²) in [6.45, 7) is 0.327. The third-order valence-corrected chi connectivity index (χ3v) is 6.93. The van der Waals surface area contributed by atoms with Crippen molar-refractivity contribution in [3.63, 3.8) is 0 Å². The minimum absolute atomic E-state index is 0.0763. The number of hydrogen-bond acceptors (Lipinski definition) is 4. The number of hydrogen-bond donors (Lipinski definition) is 2. The van der Waals surface area contributed by atoms with Crippen LogP contribution < -0.4 is 5.73 Å². The average molecular weight is 295 g/mol. The lowest BCUT2D eigenvalue weighted by molar-refractivity contribution is -0.0677. The second kappa shape index (κ2) is 4.55. The molecule has 1 heterocycles. The summed E-state index contributed by atoms with van der Waals surface area (Å²) in [6, 6.07) is 8.17. The van der Waals surface area contributed by atoms with E-state index >= 15 is 0 Å². The van der Waals surface area contributed by atoms with Gasteiger partial charge in [-0.15, -0.1) is 0 Å². The summed E-state index contributed by atoms with van der Waals surface area (Å²) in [5.41, 5.74) is 6.80. The van der Waals surface area contributed by atoms with E-state index in [0.29, 0.717) is 19.4 Å². The van der Waals surface area contributed by atoms with Gasteiger partial charge in [0.05, 0.1) is 17.1 Å². The Kier molecular flexibility index (Phi) is 3.19. The van der Waals surface area contributed by atoms with Gasteiger partial charge in [0.15, 0.2) is 9.84 Å². The number of rotatable bonds is 2. The molecule has 1 aromatic rings. The normalized spacial score (nSPS) is 35.7. The fraction of sp³-hybridized carbons (Fsp3) is 0.600. The lowest BCUT2D eigenvalue weighted by atomic mass is 9.61. The molecule has 0 spiro atoms. The van der Waals surface area contributed by atoms with Crippen molar-refractivity contribution >= 4 is 9.84 Å². The van der Waals surface area contributed by atoms with Crippen LogP contribution in [0.5, 0.6) is 0 Å². The maximum absolute atomic E-state index is 11.8. The molecule has 110 valence electrons. The van der Waals surface area contributed by atoms with E-state index in [2.05, 4.69) is 12.1 Å². The monoisotopic (exact) mass is 295 g/mol. The molecule has 1 aliphatic heterocycles. The van der Waals surface area contributed by atoms with E-state index in [9.17, 15) is 13.5 Å². The molecule has 0 bridgehead atoms. The topological polar surface area (TPSA) is 80.4 Å². The van der Waals surface area contributed by atoms with Gasteiger partial charge in [0.1, 0.15) is 0 Å². The van der Waals surface area contributed by atoms with Crippen LogP contribution in [-0.4, -0.2) is 37.2 Å². The molecule has 5 heteroatoms. The lowest BCUT2D eigenvalue weighted by Gasteiger charge is -2.47. The number of sulfone groups is 1. The summed E-state index contributed by atoms with van der Waals surface area (Å²) in [5.74, 6) is -0.0632. The summed E-state index contributed by atoms with van der Waals surface area (Å²) >= 11 is 0. The molecule has 2 atom stereocenters. The predicted octanol–water partition coefficient (Wildman–Crippen LogP) is 0.670. The molecule has 0 saturated carbocycles. The zero-order valence-electron chi connectivity index (χ0n) is 11.5. The van der Waals surface area contributed by atoms with Crippen molar-refractivity contribution in [1.82, 2.24) is 0 Å². The molecule has 3 N–H and O–H groups in total. The van der Waals surface area contributed by atoms with Crippen LogP contribution in [0.3, 0.4) is 0 Å². The maximum Gasteiger partial charge on any atom is 0.153 e. The Morgan fingerprint density at radius 1 is 1.20 bits per heavy atom. The Hall–Kier alpha value is -0.910. The fourth-order valence-electron chi connectivity index (χ4n) is 3.81. The van der Waals surface area contributed by atoms with Gasteiger partial charge in [-0.2, -0.15) is 0 Å². The van der Waals surface area contributed by atoms with E-state index in [-0.39, 0.29) is 11.5 Å². The standard InChI is InChI=1S/C15H21NO3S/c16-10-14(15(17)7-8-20(18,19)11-15)6-5-12-3-1-2-4-13(12)9-14/h1-4,17H,5-11,16H2. The molecule has 1 aromatic carbocycles. The predicted molar refractivity (Wildman–Crippen MR) is 78.2 cm³/mol. The molecule has 20 heavy (non-hydrogen) atoms. The van der Waals surface area contributed by atoms with Gasteiger partial charge in [-0.1, -0.05) is 24.3 Å². The van der Waals surface area contributed by atoms with E-state index in [1.54, 1.807) is 0 Å². The van der Waals surface area contributed by atoms with E-state index in [4.69, 9.17) is 5.73 Å². The molecule has 1 fully saturated rings. The smallest absolute Gasteiger partial charge is 0.153 e. The van der Waals surface area contributed by atoms with Gasteiger partial charge in [0.25, 0.3) is 0 Å². The fourth-order valence-corrected chi connectivity index (χ4v) is 5.78. The van der Waals surface area contributed by atoms with Crippen LogP contribution >= 0.6 is 0 Å². The quantitative estimate of drug-likeness (QED) is 0.840. The van der Waals surface area contributed by atoms with Crippen LogP contribution in [0.4, 0.5) is 0 Å². The van der Waals surface area contributed by atoms with Gasteiger partial charge in [-0.3, -0.25) is 0 Å². The first-order chi connectivity index (χ1) is 9.40. The molecular formula is C15H21NO3S. The van der Waals surface area contributed by atoms with Gasteiger partial charge < -0.3 is 10.8 Å². The van der Waals surface area contributed by atoms with Crippen LogP contribution in [0.25, 0.3) is 0 Å². The Balaban J connectivity index is 1.98. The van der Waals surface area contributed by atoms with Gasteiger partial charge in [-0.05, 0) is 36.8 Å². The molecule has 0 radical (unpaired) electrons. The third-order valence-electron chi connectivity index (χ3n) is 5.18. The molecular weight excluding hydrogens is 274 g/mol. The number of benzene rings is 1. The molecule has 2 aliphatic rings. The minimum atomic E-state index is -3.13. The van der Waals surface area contributed by atoms with Crippen molar-refractivity contribution in [2.45, 2.75) is 31.3 Å². The Morgan fingerprint density at radius 3 is 2.50 bits per heavy atom. The van der Waals surface area contributed by atoms with Gasteiger partial charge in [-0.25, -0.2) is 8.42 Å². The van der Waals surface area contributed by atoms with E-state index in [1.165, 1.54) is 11.1 Å². The van der Waals surface area contributed by atoms with Gasteiger partial charge >= 0.3 is 0 Å². The Labute approximate surface area is 119 Å². The van der Waals surface area contributed by atoms with Crippen LogP contribution in [0.2, 0.25) is 0 Å². The zero-order chi connectivity index (χ0) is 14.4. The minimum Gasteiger partial charge on any atom is -0.388 e. The Bertz CT molecular complexity index is 628. The highest BCUT2D eigenvalue weighted by Gasteiger charge is 2.55. The van der Waals surface area contributed by atoms with Crippen molar-refractivity contribution < 1.29 is 13.5 Å². The first kappa shape index (κ1) is 14.0. The highest BCUT2D eigenvalue weighted by Crippen LogP contribution is 2.47. The molecule has 2 unspecified atom stereocenters. The number of fused-ring (bicyclic) bond motifs is 1. The van der Waals surface area contributed by atoms with Crippen molar-refractivity contribution in [3.05, 3.63) is 35.4 Å². The summed E-state index contributed by atoms with van der Waals surface area (Å²) in [7, 11) is -3.13. The molecule has 0 aromatic heterocycles. The number of nitrogens with two attached hydrogens (primary N) is 1. The SMILES string of the molecule is NCC1(C2(O)CCS(=O)(=O)C2)CCc2ccccc2C1. The van der Waals surface area contributed by atoms with E-state index in [1.807, 2.05) is 12.1 Å². The van der Waals surface area contributed by atoms with Gasteiger partial charge in [0.2, 0.25) is 0 Å². The van der Waals surface area contributed by atoms with Crippen LogP contribution in [0.15, 0.2) is 24.3 Å². The Morgan fingerprint density at radius 2 is 1.90 bits per heavy atom. The average Bonchev–Trinajstić information content (AvgIpc) is 2.73. The first-order valence-electron chi connectivity index (χ1n) is 7.09. The van der Waals surface area contributed by atoms with Crippen molar-refractivity contribution in [1.29, 1.82) is 0 Å². The maximum atomic E-state index is 11.8. The van der Waals surface area contributed by atoms with Gasteiger partial charge in [0, 0.05) is 12.0 Å². The zero-order valence-corrected chi connectivity index (χ0v) is 12.3. The van der Waals surface area contributed by atoms with E-state index in [0.717, 1.165) is 12.8 Å². The second-order valence-corrected chi connectivity index (χ2v) is 8.49. The summed E-state index contributed by atoms with van der Waals surface area (Å²) in [4.78, 5) is 0. The highest BCUT2D eigenvalue weighted by atomic mass is 32.2. The number of aliphatic hydroxyl groups is 1. The molecule has 3 rings (SSSR count). The molecule has 1 saturated heterocycles. The van der Waals surface area contributed by atoms with Crippen LogP contribution in [-0.2, 0) is 22.7 Å². The summed E-state index contributed by atoms with van der Waals surface area (Å²) in [6.07, 6.45) is 2.60. The molecule has 1 aliphatic carbocycles. The van der Waals surface area contributed by atoms with E-state index < -0.39 is 20.9 Å². The number of aryl methyl sites for hydroxylation is 1. The van der Waals surface area contributed by atoms with Crippen LogP contribution in [0.1, 0.15) is 24.0 Å². The van der Waals surface area contributed by atoms with Crippen molar-refractivity contribution in [2.24, 2.45) is 11.1 Å². The van der Waals surface area contributed by atoms with Crippen molar-refractivity contribution in [3.8, 4) is 0 Å². The lowest BCUT2D eigenvalue weighted by Crippen LogP contribution is -2.56. The molecule has 4 nitrogen and oxygen atoms in total.